The van der Waals surface area contributed by atoms with Gasteiger partial charge >= 0.3 is 6.01 Å². The Kier molecular flexibility index (Phi) is 6.18. The second-order valence-electron chi connectivity index (χ2n) is 10.1. The van der Waals surface area contributed by atoms with Crippen LogP contribution in [-0.2, 0) is 10.5 Å². The van der Waals surface area contributed by atoms with Gasteiger partial charge in [0.2, 0.25) is 11.9 Å². The van der Waals surface area contributed by atoms with Gasteiger partial charge in [0, 0.05) is 42.2 Å². The molecule has 0 amide bonds. The van der Waals surface area contributed by atoms with Gasteiger partial charge < -0.3 is 20.3 Å². The van der Waals surface area contributed by atoms with Crippen molar-refractivity contribution in [2.45, 2.75) is 41.5 Å². The zero-order chi connectivity index (χ0) is 26.5. The van der Waals surface area contributed by atoms with Gasteiger partial charge in [-0.1, -0.05) is 0 Å². The summed E-state index contributed by atoms with van der Waals surface area (Å²) in [4.78, 5) is 20.4. The average Bonchev–Trinajstić information content (AvgIpc) is 3.59. The molecule has 6 rings (SSSR count). The number of nitrogen functional groups attached to an aromatic ring is 1. The van der Waals surface area contributed by atoms with Gasteiger partial charge in [-0.05, 0) is 19.4 Å². The number of thiophene rings is 1. The number of aromatic nitrogens is 3. The first-order chi connectivity index (χ1) is 18.4. The Hall–Kier alpha value is -3.38. The van der Waals surface area contributed by atoms with E-state index in [1.54, 1.807) is 11.8 Å². The van der Waals surface area contributed by atoms with Gasteiger partial charge in [0.15, 0.2) is 0 Å². The Bertz CT molecular complexity index is 1370. The monoisotopic (exact) mass is 552 g/mol. The van der Waals surface area contributed by atoms with Gasteiger partial charge in [-0.25, -0.2) is 4.39 Å². The topological polar surface area (TPSA) is 155 Å². The van der Waals surface area contributed by atoms with E-state index in [4.69, 9.17) is 10.5 Å². The smallest absolute Gasteiger partial charge is 0.323 e. The molecule has 2 aromatic rings. The van der Waals surface area contributed by atoms with Crippen LogP contribution in [0.25, 0.3) is 0 Å². The van der Waals surface area contributed by atoms with Crippen LogP contribution in [0.5, 0.6) is 6.01 Å². The van der Waals surface area contributed by atoms with Crippen LogP contribution >= 0.6 is 23.1 Å². The van der Waals surface area contributed by atoms with Crippen molar-refractivity contribution >= 4 is 40.0 Å². The Balaban J connectivity index is 1.28. The first-order valence-electron chi connectivity index (χ1n) is 12.4. The fraction of sp³-hybridized carbons (Fsp3) is 0.583. The highest BCUT2D eigenvalue weighted by Gasteiger charge is 2.53. The van der Waals surface area contributed by atoms with Crippen molar-refractivity contribution in [1.29, 1.82) is 15.8 Å². The van der Waals surface area contributed by atoms with E-state index in [1.807, 2.05) is 4.90 Å². The maximum atomic E-state index is 14.2. The second kappa shape index (κ2) is 9.42. The average molecular weight is 553 g/mol. The molecule has 14 heteroatoms. The summed E-state index contributed by atoms with van der Waals surface area (Å²) in [6.07, 6.45) is 1.40. The SMILES string of the molecule is N#CCN(CC#N)c1nc(OC[C@@]23CCCN2C[C@H](F)C3)nc(N2CC3(C2)SCc2sc(N)c(C#N)c23)n1. The Morgan fingerprint density at radius 3 is 2.71 bits per heavy atom. The fourth-order valence-electron chi connectivity index (χ4n) is 6.13. The van der Waals surface area contributed by atoms with Gasteiger partial charge in [-0.2, -0.15) is 30.7 Å². The molecule has 3 fully saturated rings. The Labute approximate surface area is 227 Å². The molecule has 0 radical (unpaired) electrons. The molecule has 2 atom stereocenters. The van der Waals surface area contributed by atoms with Crippen LogP contribution in [-0.4, -0.2) is 77.4 Å². The molecule has 4 aliphatic rings. The van der Waals surface area contributed by atoms with Gasteiger partial charge in [-0.3, -0.25) is 4.90 Å². The van der Waals surface area contributed by atoms with E-state index in [-0.39, 0.29) is 41.9 Å². The molecule has 0 aromatic carbocycles. The number of thioether (sulfide) groups is 1. The van der Waals surface area contributed by atoms with Crippen molar-refractivity contribution in [3.63, 3.8) is 0 Å². The lowest BCUT2D eigenvalue weighted by Crippen LogP contribution is -2.57. The minimum atomic E-state index is -0.874. The number of fused-ring (bicyclic) bond motifs is 3. The number of halogens is 1. The molecule has 2 N–H and O–H groups in total. The van der Waals surface area contributed by atoms with E-state index >= 15 is 0 Å². The number of nitrogens with two attached hydrogens (primary N) is 1. The standard InChI is InChI=1S/C24H25FN10OS2/c25-15-8-23(2-1-5-35(23)10-15)14-36-22-31-20(33(6-3-26)7-4-27)30-21(32-22)34-12-24(13-34)18-16(9-28)19(29)38-17(18)11-37-24/h15H,1-2,5-8,10-14,29H2/t15-,23+/m1/s1. The van der Waals surface area contributed by atoms with Crippen molar-refractivity contribution in [3.8, 4) is 24.2 Å². The lowest BCUT2D eigenvalue weighted by Gasteiger charge is -2.47. The minimum absolute atomic E-state index is 0.0689. The van der Waals surface area contributed by atoms with Crippen molar-refractivity contribution < 1.29 is 9.13 Å². The van der Waals surface area contributed by atoms with E-state index in [2.05, 4.69) is 38.1 Å². The second-order valence-corrected chi connectivity index (χ2v) is 12.6. The molecule has 1 spiro atoms. The van der Waals surface area contributed by atoms with Crippen molar-refractivity contribution in [1.82, 2.24) is 19.9 Å². The summed E-state index contributed by atoms with van der Waals surface area (Å²) in [6, 6.07) is 6.46. The molecule has 38 heavy (non-hydrogen) atoms. The highest BCUT2D eigenvalue weighted by molar-refractivity contribution is 8.00. The summed E-state index contributed by atoms with van der Waals surface area (Å²) in [5.41, 5.74) is 7.32. The van der Waals surface area contributed by atoms with Gasteiger partial charge in [0.1, 0.15) is 36.9 Å². The normalized spacial score (nSPS) is 24.8. The molecule has 11 nitrogen and oxygen atoms in total. The summed E-state index contributed by atoms with van der Waals surface area (Å²) in [5.74, 6) is 1.37. The molecule has 0 bridgehead atoms. The van der Waals surface area contributed by atoms with Crippen LogP contribution < -0.4 is 20.3 Å². The summed E-state index contributed by atoms with van der Waals surface area (Å²) in [6.45, 7) is 2.55. The Morgan fingerprint density at radius 1 is 1.18 bits per heavy atom. The largest absolute Gasteiger partial charge is 0.461 e. The first kappa shape index (κ1) is 24.9. The zero-order valence-corrected chi connectivity index (χ0v) is 22.2. The van der Waals surface area contributed by atoms with Crippen LogP contribution in [0.1, 0.15) is 35.3 Å². The predicted molar refractivity (Wildman–Crippen MR) is 140 cm³/mol. The highest BCUT2D eigenvalue weighted by atomic mass is 32.2. The third-order valence-corrected chi connectivity index (χ3v) is 10.5. The molecule has 3 saturated heterocycles. The molecular weight excluding hydrogens is 527 g/mol. The van der Waals surface area contributed by atoms with E-state index in [0.717, 1.165) is 35.6 Å². The highest BCUT2D eigenvalue weighted by Crippen LogP contribution is 2.57. The van der Waals surface area contributed by atoms with E-state index in [9.17, 15) is 20.2 Å². The lowest BCUT2D eigenvalue weighted by molar-refractivity contribution is 0.107. The van der Waals surface area contributed by atoms with Gasteiger partial charge in [0.25, 0.3) is 0 Å². The van der Waals surface area contributed by atoms with Crippen LogP contribution in [0.15, 0.2) is 0 Å². The van der Waals surface area contributed by atoms with Gasteiger partial charge in [0.05, 0.1) is 28.0 Å². The predicted octanol–water partition coefficient (Wildman–Crippen LogP) is 2.16. The van der Waals surface area contributed by atoms with Gasteiger partial charge in [-0.15, -0.1) is 23.1 Å². The van der Waals surface area contributed by atoms with E-state index in [1.165, 1.54) is 16.2 Å². The van der Waals surface area contributed by atoms with Crippen LogP contribution in [0, 0.1) is 34.0 Å². The molecule has 0 aliphatic carbocycles. The quantitative estimate of drug-likeness (QED) is 0.500. The van der Waals surface area contributed by atoms with Crippen LogP contribution in [0.4, 0.5) is 21.3 Å². The third-order valence-electron chi connectivity index (χ3n) is 7.86. The first-order valence-corrected chi connectivity index (χ1v) is 14.2. The number of hydrogen-bond donors (Lipinski definition) is 1. The van der Waals surface area contributed by atoms with Crippen LogP contribution in [0.2, 0.25) is 0 Å². The number of hydrogen-bond acceptors (Lipinski definition) is 13. The summed E-state index contributed by atoms with van der Waals surface area (Å²) in [7, 11) is 0. The maximum absolute atomic E-state index is 14.2. The third kappa shape index (κ3) is 3.97. The molecule has 0 saturated carbocycles. The zero-order valence-electron chi connectivity index (χ0n) is 20.6. The molecule has 4 aliphatic heterocycles. The number of nitrogens with zero attached hydrogens (tertiary/aromatic N) is 9. The Morgan fingerprint density at radius 2 is 1.97 bits per heavy atom. The van der Waals surface area contributed by atoms with Crippen LogP contribution in [0.3, 0.4) is 0 Å². The molecular formula is C24H25FN10OS2. The fourth-order valence-corrected chi connectivity index (χ4v) is 8.93. The maximum Gasteiger partial charge on any atom is 0.323 e. The molecule has 196 valence electrons. The van der Waals surface area contributed by atoms with Crippen molar-refractivity contribution in [2.24, 2.45) is 0 Å². The molecule has 0 unspecified atom stereocenters. The minimum Gasteiger partial charge on any atom is -0.461 e. The van der Waals surface area contributed by atoms with E-state index < -0.39 is 6.17 Å². The number of ether oxygens (including phenoxy) is 1. The van der Waals surface area contributed by atoms with Crippen molar-refractivity contribution in [2.75, 3.05) is 61.4 Å². The van der Waals surface area contributed by atoms with E-state index in [0.29, 0.717) is 42.6 Å². The van der Waals surface area contributed by atoms with Crippen molar-refractivity contribution in [3.05, 3.63) is 16.0 Å². The summed E-state index contributed by atoms with van der Waals surface area (Å²) >= 11 is 3.27. The number of rotatable bonds is 7. The lowest BCUT2D eigenvalue weighted by atomic mass is 9.88. The summed E-state index contributed by atoms with van der Waals surface area (Å²) in [5, 5.41) is 28.8. The number of alkyl halides is 1. The number of nitriles is 3. The molecule has 2 aromatic heterocycles. The molecule has 6 heterocycles. The number of anilines is 3. The summed E-state index contributed by atoms with van der Waals surface area (Å²) < 4.78 is 20.1.